The van der Waals surface area contributed by atoms with Crippen LogP contribution in [0.3, 0.4) is 0 Å². The summed E-state index contributed by atoms with van der Waals surface area (Å²) in [4.78, 5) is 14.7. The minimum absolute atomic E-state index is 1.02. The normalized spacial score (nSPS) is 11.6. The van der Waals surface area contributed by atoms with Crippen LogP contribution in [0.25, 0.3) is 107 Å². The van der Waals surface area contributed by atoms with E-state index >= 15 is 0 Å². The second kappa shape index (κ2) is 19.1. The van der Waals surface area contributed by atoms with Crippen molar-refractivity contribution in [2.24, 2.45) is 0 Å². The van der Waals surface area contributed by atoms with Crippen LogP contribution in [0, 0.1) is 0 Å². The van der Waals surface area contributed by atoms with Crippen LogP contribution in [0.15, 0.2) is 279 Å². The summed E-state index contributed by atoms with van der Waals surface area (Å²) >= 11 is 3.46. The molecule has 0 saturated carbocycles. The van der Waals surface area contributed by atoms with Crippen molar-refractivity contribution in [3.8, 4) is 43.4 Å². The molecule has 0 fully saturated rings. The summed E-state index contributed by atoms with van der Waals surface area (Å²) < 4.78 is 2.38. The van der Waals surface area contributed by atoms with Crippen LogP contribution in [0.2, 0.25) is 0 Å². The fourth-order valence-electron chi connectivity index (χ4n) is 11.3. The molecule has 0 N–H and O–H groups in total. The Labute approximate surface area is 459 Å². The van der Waals surface area contributed by atoms with Gasteiger partial charge in [0.2, 0.25) is 0 Å². The van der Waals surface area contributed by atoms with Gasteiger partial charge in [0.15, 0.2) is 0 Å². The minimum atomic E-state index is 1.02. The Balaban J connectivity index is 0.805. The van der Waals surface area contributed by atoms with Gasteiger partial charge in [-0.05, 0) is 187 Å². The first-order valence-electron chi connectivity index (χ1n) is 26.3. The lowest BCUT2D eigenvalue weighted by molar-refractivity contribution is 1.29. The molecule has 0 spiro atoms. The molecule has 0 atom stereocenters. The van der Waals surface area contributed by atoms with Crippen LogP contribution >= 0.6 is 22.7 Å². The third kappa shape index (κ3) is 8.23. The zero-order chi connectivity index (χ0) is 51.5. The Morgan fingerprint density at radius 2 is 0.590 bits per heavy atom. The van der Waals surface area contributed by atoms with E-state index in [1.807, 2.05) is 0 Å². The van der Waals surface area contributed by atoms with Gasteiger partial charge in [-0.3, -0.25) is 0 Å². The molecule has 0 radical (unpaired) electrons. The molecule has 0 aliphatic rings. The number of benzene rings is 13. The quantitative estimate of drug-likeness (QED) is 0.128. The molecular weight excluding hydrogens is 985 g/mol. The van der Waals surface area contributed by atoms with Gasteiger partial charge in [0, 0.05) is 45.3 Å². The molecule has 0 bridgehead atoms. The van der Waals surface area contributed by atoms with Crippen LogP contribution in [-0.2, 0) is 0 Å². The largest absolute Gasteiger partial charge is 0.310 e. The molecule has 4 nitrogen and oxygen atoms in total. The molecule has 0 unspecified atom stereocenters. The van der Waals surface area contributed by atoms with Crippen LogP contribution in [0.4, 0.5) is 34.1 Å². The van der Waals surface area contributed by atoms with Crippen LogP contribution < -0.4 is 9.80 Å². The number of para-hydroxylation sites is 2. The van der Waals surface area contributed by atoms with Crippen molar-refractivity contribution in [3.63, 3.8) is 0 Å². The van der Waals surface area contributed by atoms with Gasteiger partial charge in [-0.25, -0.2) is 9.97 Å². The van der Waals surface area contributed by atoms with Crippen molar-refractivity contribution < 1.29 is 0 Å². The molecule has 0 aliphatic carbocycles. The highest BCUT2D eigenvalue weighted by molar-refractivity contribution is 7.22. The van der Waals surface area contributed by atoms with E-state index in [1.54, 1.807) is 22.7 Å². The highest BCUT2D eigenvalue weighted by atomic mass is 32.1. The second-order valence-electron chi connectivity index (χ2n) is 19.8. The molecule has 2 aromatic heterocycles. The summed E-state index contributed by atoms with van der Waals surface area (Å²) in [6.07, 6.45) is 0. The maximum absolute atomic E-state index is 4.98. The van der Waals surface area contributed by atoms with Gasteiger partial charge in [0.25, 0.3) is 0 Å². The lowest BCUT2D eigenvalue weighted by Gasteiger charge is -2.27. The van der Waals surface area contributed by atoms with E-state index in [4.69, 9.17) is 9.97 Å². The third-order valence-electron chi connectivity index (χ3n) is 15.1. The fraction of sp³-hybridized carbons (Fsp3) is 0. The monoisotopic (exact) mass is 1030 g/mol. The molecule has 0 amide bonds. The van der Waals surface area contributed by atoms with Crippen molar-refractivity contribution in [2.45, 2.75) is 0 Å². The van der Waals surface area contributed by atoms with Crippen molar-refractivity contribution >= 4 is 120 Å². The molecular formula is C72H46N4S2. The number of rotatable bonds is 10. The van der Waals surface area contributed by atoms with Crippen molar-refractivity contribution in [2.75, 3.05) is 9.80 Å². The van der Waals surface area contributed by atoms with E-state index in [0.29, 0.717) is 0 Å². The van der Waals surface area contributed by atoms with Crippen LogP contribution in [0.5, 0.6) is 0 Å². The average Bonchev–Trinajstić information content (AvgIpc) is 4.24. The number of aromatic nitrogens is 2. The summed E-state index contributed by atoms with van der Waals surface area (Å²) in [5.74, 6) is 0. The SMILES string of the molecule is c1ccc2c(-c3ccc(N(c4ccc(-c5nc6ccccc6s5)cc4)c4ccc5c(ccc6cc(N(c7ccc(-c8nc9ccccc9s8)cc7)c7ccc(-c8cccc9ccccc89)cc7)ccc65)c4)cc3)cccc2c1. The summed E-state index contributed by atoms with van der Waals surface area (Å²) in [6.45, 7) is 0. The Kier molecular flexibility index (Phi) is 11.2. The zero-order valence-electron chi connectivity index (χ0n) is 42.2. The number of anilines is 6. The Morgan fingerprint density at radius 3 is 1.00 bits per heavy atom. The predicted molar refractivity (Wildman–Crippen MR) is 334 cm³/mol. The molecule has 0 saturated heterocycles. The third-order valence-corrected chi connectivity index (χ3v) is 17.3. The zero-order valence-corrected chi connectivity index (χ0v) is 43.8. The van der Waals surface area contributed by atoms with E-state index in [9.17, 15) is 0 Å². The summed E-state index contributed by atoms with van der Waals surface area (Å²) in [5.41, 5.74) is 15.5. The minimum Gasteiger partial charge on any atom is -0.310 e. The number of hydrogen-bond donors (Lipinski definition) is 0. The lowest BCUT2D eigenvalue weighted by Crippen LogP contribution is -2.10. The smallest absolute Gasteiger partial charge is 0.124 e. The fourth-order valence-corrected chi connectivity index (χ4v) is 13.2. The van der Waals surface area contributed by atoms with Crippen molar-refractivity contribution in [3.05, 3.63) is 279 Å². The highest BCUT2D eigenvalue weighted by Crippen LogP contribution is 2.44. The number of fused-ring (bicyclic) bond motifs is 7. The molecule has 366 valence electrons. The molecule has 6 heteroatoms. The van der Waals surface area contributed by atoms with Gasteiger partial charge in [-0.1, -0.05) is 158 Å². The Morgan fingerprint density at radius 1 is 0.244 bits per heavy atom. The van der Waals surface area contributed by atoms with E-state index in [-0.39, 0.29) is 0 Å². The number of hydrogen-bond acceptors (Lipinski definition) is 6. The molecule has 78 heavy (non-hydrogen) atoms. The van der Waals surface area contributed by atoms with E-state index < -0.39 is 0 Å². The first-order chi connectivity index (χ1) is 38.6. The standard InChI is InChI=1S/C72H46N4S2/c1-3-15-61-47(11-1)13-9-17-63(61)49-25-33-55(34-26-49)75(57-37-29-51(30-38-57)71-73-67-19-5-7-21-69(67)77-71)59-41-43-65-53(45-59)23-24-54-46-60(42-44-66(54)65)76(58-39-31-52(32-40-58)72-74-68-20-6-8-22-70(68)78-72)56-35-27-50(28-36-56)64-18-10-14-48-12-2-4-16-62(48)64/h1-46H. The van der Waals surface area contributed by atoms with Gasteiger partial charge < -0.3 is 9.80 Å². The first-order valence-corrected chi connectivity index (χ1v) is 27.9. The van der Waals surface area contributed by atoms with Gasteiger partial charge in [0.1, 0.15) is 10.0 Å². The van der Waals surface area contributed by atoms with Gasteiger partial charge in [-0.15, -0.1) is 22.7 Å². The van der Waals surface area contributed by atoms with E-state index in [1.165, 1.54) is 74.7 Å². The topological polar surface area (TPSA) is 32.3 Å². The maximum Gasteiger partial charge on any atom is 0.124 e. The Hall–Kier alpha value is -9.72. The molecule has 15 rings (SSSR count). The predicted octanol–water partition coefficient (Wildman–Crippen LogP) is 21.1. The second-order valence-corrected chi connectivity index (χ2v) is 21.8. The molecule has 2 heterocycles. The maximum atomic E-state index is 4.98. The Bertz CT molecular complexity index is 4350. The first kappa shape index (κ1) is 45.7. The van der Waals surface area contributed by atoms with E-state index in [2.05, 4.69) is 289 Å². The number of thiazole rings is 2. The van der Waals surface area contributed by atoms with Crippen molar-refractivity contribution in [1.82, 2.24) is 9.97 Å². The van der Waals surface area contributed by atoms with Gasteiger partial charge in [-0.2, -0.15) is 0 Å². The van der Waals surface area contributed by atoms with Gasteiger partial charge in [0.05, 0.1) is 20.4 Å². The van der Waals surface area contributed by atoms with Crippen LogP contribution in [0.1, 0.15) is 0 Å². The molecule has 0 aliphatic heterocycles. The van der Waals surface area contributed by atoms with Crippen molar-refractivity contribution in [1.29, 1.82) is 0 Å². The average molecular weight is 1030 g/mol. The lowest BCUT2D eigenvalue weighted by atomic mass is 9.97. The summed E-state index contributed by atoms with van der Waals surface area (Å²) in [7, 11) is 0. The van der Waals surface area contributed by atoms with Gasteiger partial charge >= 0.3 is 0 Å². The van der Waals surface area contributed by atoms with E-state index in [0.717, 1.165) is 66.3 Å². The summed E-state index contributed by atoms with van der Waals surface area (Å²) in [5, 5.41) is 11.7. The summed E-state index contributed by atoms with van der Waals surface area (Å²) in [6, 6.07) is 101. The van der Waals surface area contributed by atoms with Crippen LogP contribution in [-0.4, -0.2) is 9.97 Å². The number of nitrogens with zero attached hydrogens (tertiary/aromatic N) is 4. The molecule has 13 aromatic carbocycles. The highest BCUT2D eigenvalue weighted by Gasteiger charge is 2.19. The molecule has 15 aromatic rings.